The number of carboxylic acids is 1. The molecule has 0 aliphatic carbocycles. The molecule has 90 valence electrons. The van der Waals surface area contributed by atoms with E-state index in [1.54, 1.807) is 6.92 Å². The number of aryl methyl sites for hydroxylation is 2. The van der Waals surface area contributed by atoms with Crippen LogP contribution in [0.1, 0.15) is 26.9 Å². The van der Waals surface area contributed by atoms with Gasteiger partial charge in [0.15, 0.2) is 4.34 Å². The normalized spacial score (nSPS) is 10.7. The summed E-state index contributed by atoms with van der Waals surface area (Å²) in [5, 5.41) is 8.91. The lowest BCUT2D eigenvalue weighted by Crippen LogP contribution is -1.94. The summed E-state index contributed by atoms with van der Waals surface area (Å²) in [6.45, 7) is 3.60. The van der Waals surface area contributed by atoms with E-state index in [0.717, 1.165) is 15.9 Å². The van der Waals surface area contributed by atoms with Crippen LogP contribution in [0.2, 0.25) is 0 Å². The Balaban J connectivity index is 2.04. The molecule has 2 aromatic rings. The minimum absolute atomic E-state index is 0.308. The van der Waals surface area contributed by atoms with E-state index in [4.69, 9.17) is 9.52 Å². The second-order valence-corrected chi connectivity index (χ2v) is 5.72. The molecule has 2 rings (SSSR count). The zero-order chi connectivity index (χ0) is 12.4. The van der Waals surface area contributed by atoms with Gasteiger partial charge in [-0.05, 0) is 26.0 Å². The van der Waals surface area contributed by atoms with Crippen molar-refractivity contribution in [1.82, 2.24) is 4.98 Å². The molecule has 0 aromatic carbocycles. The van der Waals surface area contributed by atoms with E-state index in [9.17, 15) is 4.79 Å². The SMILES string of the molecule is Cc1ccc(CSc2nc(C)c(C(=O)O)s2)o1. The van der Waals surface area contributed by atoms with Crippen LogP contribution in [0.5, 0.6) is 0 Å². The first-order valence-corrected chi connectivity index (χ1v) is 6.75. The van der Waals surface area contributed by atoms with E-state index in [1.807, 2.05) is 19.1 Å². The molecule has 0 aliphatic rings. The van der Waals surface area contributed by atoms with Crippen molar-refractivity contribution in [3.05, 3.63) is 34.2 Å². The van der Waals surface area contributed by atoms with Crippen LogP contribution in [0.25, 0.3) is 0 Å². The van der Waals surface area contributed by atoms with Gasteiger partial charge < -0.3 is 9.52 Å². The molecule has 0 bridgehead atoms. The molecule has 17 heavy (non-hydrogen) atoms. The quantitative estimate of drug-likeness (QED) is 0.862. The van der Waals surface area contributed by atoms with E-state index in [-0.39, 0.29) is 0 Å². The van der Waals surface area contributed by atoms with Gasteiger partial charge in [-0.1, -0.05) is 11.8 Å². The molecule has 2 aromatic heterocycles. The molecule has 0 amide bonds. The number of carbonyl (C=O) groups is 1. The summed E-state index contributed by atoms with van der Waals surface area (Å²) < 4.78 is 6.19. The summed E-state index contributed by atoms with van der Waals surface area (Å²) >= 11 is 2.69. The molecular formula is C11H11NO3S2. The van der Waals surface area contributed by atoms with Crippen LogP contribution in [0, 0.1) is 13.8 Å². The lowest BCUT2D eigenvalue weighted by Gasteiger charge is -1.93. The monoisotopic (exact) mass is 269 g/mol. The predicted octanol–water partition coefficient (Wildman–Crippen LogP) is 3.34. The minimum Gasteiger partial charge on any atom is -0.477 e. The van der Waals surface area contributed by atoms with Gasteiger partial charge in [-0.2, -0.15) is 0 Å². The van der Waals surface area contributed by atoms with Crippen molar-refractivity contribution < 1.29 is 14.3 Å². The van der Waals surface area contributed by atoms with Crippen molar-refractivity contribution in [2.75, 3.05) is 0 Å². The molecule has 0 saturated heterocycles. The van der Waals surface area contributed by atoms with Gasteiger partial charge in [0.05, 0.1) is 11.4 Å². The van der Waals surface area contributed by atoms with E-state index in [2.05, 4.69) is 4.98 Å². The maximum absolute atomic E-state index is 10.9. The Morgan fingerprint density at radius 3 is 2.82 bits per heavy atom. The number of nitrogens with zero attached hydrogens (tertiary/aromatic N) is 1. The summed E-state index contributed by atoms with van der Waals surface area (Å²) in [7, 11) is 0. The molecule has 0 spiro atoms. The predicted molar refractivity (Wildman–Crippen MR) is 66.8 cm³/mol. The van der Waals surface area contributed by atoms with Gasteiger partial charge in [-0.3, -0.25) is 0 Å². The Bertz CT molecular complexity index is 545. The van der Waals surface area contributed by atoms with Gasteiger partial charge in [0.1, 0.15) is 16.4 Å². The highest BCUT2D eigenvalue weighted by molar-refractivity contribution is 8.00. The largest absolute Gasteiger partial charge is 0.477 e. The molecule has 0 aliphatic heterocycles. The van der Waals surface area contributed by atoms with Crippen LogP contribution in [0.15, 0.2) is 20.9 Å². The van der Waals surface area contributed by atoms with Crippen molar-refractivity contribution in [2.24, 2.45) is 0 Å². The molecule has 1 N–H and O–H groups in total. The molecule has 6 heteroatoms. The zero-order valence-electron chi connectivity index (χ0n) is 9.39. The summed E-state index contributed by atoms with van der Waals surface area (Å²) in [5.41, 5.74) is 0.570. The van der Waals surface area contributed by atoms with Crippen molar-refractivity contribution in [1.29, 1.82) is 0 Å². The third kappa shape index (κ3) is 2.89. The number of aromatic carboxylic acids is 1. The molecule has 0 fully saturated rings. The van der Waals surface area contributed by atoms with Crippen molar-refractivity contribution in [3.63, 3.8) is 0 Å². The minimum atomic E-state index is -0.916. The standard InChI is InChI=1S/C11H11NO3S2/c1-6-3-4-8(15-6)5-16-11-12-7(2)9(17-11)10(13)14/h3-4H,5H2,1-2H3,(H,13,14). The highest BCUT2D eigenvalue weighted by Gasteiger charge is 2.14. The van der Waals surface area contributed by atoms with Crippen LogP contribution in [-0.4, -0.2) is 16.1 Å². The first-order valence-electron chi connectivity index (χ1n) is 4.95. The summed E-state index contributed by atoms with van der Waals surface area (Å²) in [6, 6.07) is 3.83. The van der Waals surface area contributed by atoms with Gasteiger partial charge in [0, 0.05) is 0 Å². The number of thiazole rings is 1. The number of carboxylic acid groups (broad SMARTS) is 1. The number of furan rings is 1. The first kappa shape index (κ1) is 12.2. The summed E-state index contributed by atoms with van der Waals surface area (Å²) in [6.07, 6.45) is 0. The third-order valence-electron chi connectivity index (χ3n) is 2.11. The van der Waals surface area contributed by atoms with Crippen molar-refractivity contribution in [2.45, 2.75) is 23.9 Å². The average Bonchev–Trinajstić information content (AvgIpc) is 2.82. The Labute approximate surface area is 107 Å². The number of rotatable bonds is 4. The zero-order valence-corrected chi connectivity index (χ0v) is 11.0. The summed E-state index contributed by atoms with van der Waals surface area (Å²) in [5.74, 6) is 1.50. The molecular weight excluding hydrogens is 258 g/mol. The van der Waals surface area contributed by atoms with Crippen LogP contribution < -0.4 is 0 Å². The maximum Gasteiger partial charge on any atom is 0.347 e. The van der Waals surface area contributed by atoms with Crippen LogP contribution >= 0.6 is 23.1 Å². The molecule has 2 heterocycles. The second-order valence-electron chi connectivity index (χ2n) is 3.50. The number of thioether (sulfide) groups is 1. The Morgan fingerprint density at radius 1 is 1.53 bits per heavy atom. The van der Waals surface area contributed by atoms with E-state index in [1.165, 1.54) is 23.1 Å². The summed E-state index contributed by atoms with van der Waals surface area (Å²) in [4.78, 5) is 15.4. The van der Waals surface area contributed by atoms with E-state index in [0.29, 0.717) is 16.3 Å². The fraction of sp³-hybridized carbons (Fsp3) is 0.273. The van der Waals surface area contributed by atoms with Crippen LogP contribution in [0.4, 0.5) is 0 Å². The molecule has 0 unspecified atom stereocenters. The first-order chi connectivity index (χ1) is 8.06. The number of hydrogen-bond donors (Lipinski definition) is 1. The van der Waals surface area contributed by atoms with Crippen LogP contribution in [-0.2, 0) is 5.75 Å². The fourth-order valence-corrected chi connectivity index (χ4v) is 3.25. The Morgan fingerprint density at radius 2 is 2.29 bits per heavy atom. The average molecular weight is 269 g/mol. The number of hydrogen-bond acceptors (Lipinski definition) is 5. The molecule has 0 atom stereocenters. The van der Waals surface area contributed by atoms with E-state index >= 15 is 0 Å². The van der Waals surface area contributed by atoms with Gasteiger partial charge in [0.2, 0.25) is 0 Å². The lowest BCUT2D eigenvalue weighted by molar-refractivity contribution is 0.0701. The van der Waals surface area contributed by atoms with Crippen molar-refractivity contribution >= 4 is 29.1 Å². The third-order valence-corrected chi connectivity index (χ3v) is 4.42. The smallest absolute Gasteiger partial charge is 0.347 e. The second kappa shape index (κ2) is 4.93. The van der Waals surface area contributed by atoms with Gasteiger partial charge in [-0.25, -0.2) is 9.78 Å². The van der Waals surface area contributed by atoms with Crippen LogP contribution in [0.3, 0.4) is 0 Å². The Kier molecular flexibility index (Phi) is 3.54. The van der Waals surface area contributed by atoms with Crippen molar-refractivity contribution in [3.8, 4) is 0 Å². The molecule has 0 saturated carbocycles. The van der Waals surface area contributed by atoms with Gasteiger partial charge in [-0.15, -0.1) is 11.3 Å². The topological polar surface area (TPSA) is 63.3 Å². The van der Waals surface area contributed by atoms with Gasteiger partial charge >= 0.3 is 5.97 Å². The maximum atomic E-state index is 10.9. The highest BCUT2D eigenvalue weighted by atomic mass is 32.2. The number of aromatic nitrogens is 1. The fourth-order valence-electron chi connectivity index (χ4n) is 1.33. The molecule has 4 nitrogen and oxygen atoms in total. The Hall–Kier alpha value is -1.27. The van der Waals surface area contributed by atoms with Gasteiger partial charge in [0.25, 0.3) is 0 Å². The lowest BCUT2D eigenvalue weighted by atomic mass is 10.4. The van der Waals surface area contributed by atoms with E-state index < -0.39 is 5.97 Å². The molecule has 0 radical (unpaired) electrons. The highest BCUT2D eigenvalue weighted by Crippen LogP contribution is 2.29.